The summed E-state index contributed by atoms with van der Waals surface area (Å²) in [5.41, 5.74) is 0. The molecule has 0 aliphatic carbocycles. The van der Waals surface area contributed by atoms with E-state index in [1.54, 1.807) is 0 Å². The quantitative estimate of drug-likeness (QED) is 0.0320. The molecule has 6 heteroatoms. The predicted molar refractivity (Wildman–Crippen MR) is 338 cm³/mol. The molecule has 0 fully saturated rings. The number of carbonyl (C=O) groups is 2. The number of aliphatic hydroxyl groups is 2. The summed E-state index contributed by atoms with van der Waals surface area (Å²) in [5, 5.41) is 23.4. The molecule has 0 radical (unpaired) electrons. The van der Waals surface area contributed by atoms with E-state index in [1.165, 1.54) is 334 Å². The molecule has 0 aromatic heterocycles. The molecule has 0 aliphatic rings. The van der Waals surface area contributed by atoms with E-state index in [2.05, 4.69) is 31.3 Å². The number of aliphatic hydroxyl groups excluding tert-OH is 2. The normalized spacial score (nSPS) is 12.5. The van der Waals surface area contributed by atoms with Gasteiger partial charge in [0.25, 0.3) is 0 Å². The summed E-state index contributed by atoms with van der Waals surface area (Å²) >= 11 is 0. The fourth-order valence-electron chi connectivity index (χ4n) is 11.4. The molecule has 2 atom stereocenters. The molecule has 0 heterocycles. The second-order valence-corrected chi connectivity index (χ2v) is 24.6. The van der Waals surface area contributed by atoms with Crippen LogP contribution in [0.1, 0.15) is 406 Å². The van der Waals surface area contributed by atoms with Gasteiger partial charge in [0.2, 0.25) is 5.91 Å². The van der Waals surface area contributed by atoms with Crippen molar-refractivity contribution in [1.29, 1.82) is 0 Å². The van der Waals surface area contributed by atoms with Gasteiger partial charge in [0, 0.05) is 12.8 Å². The first-order valence-electron chi connectivity index (χ1n) is 35.4. The third kappa shape index (κ3) is 63.6. The first-order chi connectivity index (χ1) is 38.0. The molecule has 458 valence electrons. The number of carbonyl (C=O) groups excluding carboxylic acids is 2. The molecule has 0 spiro atoms. The number of rotatable bonds is 67. The van der Waals surface area contributed by atoms with Crippen molar-refractivity contribution in [3.8, 4) is 0 Å². The molecule has 0 aromatic rings. The lowest BCUT2D eigenvalue weighted by Gasteiger charge is -2.22. The zero-order valence-corrected chi connectivity index (χ0v) is 52.5. The minimum Gasteiger partial charge on any atom is -0.466 e. The van der Waals surface area contributed by atoms with Crippen molar-refractivity contribution in [2.45, 2.75) is 418 Å². The van der Waals surface area contributed by atoms with Crippen LogP contribution < -0.4 is 5.32 Å². The van der Waals surface area contributed by atoms with E-state index in [-0.39, 0.29) is 18.5 Å². The van der Waals surface area contributed by atoms with E-state index in [1.807, 2.05) is 0 Å². The molecule has 6 nitrogen and oxygen atoms in total. The van der Waals surface area contributed by atoms with Crippen LogP contribution in [0.15, 0.2) is 12.2 Å². The van der Waals surface area contributed by atoms with Crippen LogP contribution in [0.3, 0.4) is 0 Å². The van der Waals surface area contributed by atoms with Gasteiger partial charge in [0.15, 0.2) is 0 Å². The van der Waals surface area contributed by atoms with E-state index < -0.39 is 12.1 Å². The van der Waals surface area contributed by atoms with Crippen molar-refractivity contribution in [2.75, 3.05) is 13.2 Å². The number of unbranched alkanes of at least 4 members (excludes halogenated alkanes) is 54. The smallest absolute Gasteiger partial charge is 0.305 e. The summed E-state index contributed by atoms with van der Waals surface area (Å²) in [6.07, 6.45) is 82.5. The second kappa shape index (κ2) is 67.1. The SMILES string of the molecule is CCCCCCCCCCCCCCCCCCCCCCCCCCCC(O)C(CO)NC(=O)CCCCCCCCC/C=C\CCCCCCCCCCOC(=O)CCCCCCCCCCCCCCCCCC. The first kappa shape index (κ1) is 75.6. The van der Waals surface area contributed by atoms with Crippen molar-refractivity contribution in [2.24, 2.45) is 0 Å². The van der Waals surface area contributed by atoms with Crippen LogP contribution in [0.4, 0.5) is 0 Å². The van der Waals surface area contributed by atoms with Crippen LogP contribution in [0, 0.1) is 0 Å². The van der Waals surface area contributed by atoms with Gasteiger partial charge < -0.3 is 20.3 Å². The highest BCUT2D eigenvalue weighted by Gasteiger charge is 2.20. The van der Waals surface area contributed by atoms with E-state index in [9.17, 15) is 19.8 Å². The highest BCUT2D eigenvalue weighted by atomic mass is 16.5. The topological polar surface area (TPSA) is 95.9 Å². The molecule has 0 aliphatic heterocycles. The van der Waals surface area contributed by atoms with Crippen LogP contribution in [0.25, 0.3) is 0 Å². The first-order valence-corrected chi connectivity index (χ1v) is 35.4. The molecule has 0 saturated heterocycles. The molecule has 3 N–H and O–H groups in total. The molecule has 0 saturated carbocycles. The maximum atomic E-state index is 12.6. The highest BCUT2D eigenvalue weighted by Crippen LogP contribution is 2.19. The van der Waals surface area contributed by atoms with Crippen LogP contribution in [0.5, 0.6) is 0 Å². The minimum atomic E-state index is -0.672. The van der Waals surface area contributed by atoms with Gasteiger partial charge in [-0.1, -0.05) is 353 Å². The molecule has 1 amide bonds. The van der Waals surface area contributed by atoms with Crippen molar-refractivity contribution >= 4 is 11.9 Å². The molecular formula is C71H139NO5. The second-order valence-electron chi connectivity index (χ2n) is 24.6. The molecule has 0 aromatic carbocycles. The predicted octanol–water partition coefficient (Wildman–Crippen LogP) is 22.8. The molecular weight excluding hydrogens is 947 g/mol. The standard InChI is InChI=1S/C71H139NO5/c1-3-5-7-9-11-13-15-17-19-21-22-23-24-25-26-27-29-32-35-39-43-47-51-55-59-63-69(74)68(67-73)72-70(75)64-60-56-52-48-44-40-36-33-30-28-31-34-38-42-46-50-54-58-62-66-77-71(76)65-61-57-53-49-45-41-37-20-18-16-14-12-10-8-6-4-2/h28,30,68-69,73-74H,3-27,29,31-67H2,1-2H3,(H,72,75)/b30-28-. The monoisotopic (exact) mass is 1090 g/mol. The van der Waals surface area contributed by atoms with Gasteiger partial charge in [-0.05, 0) is 51.4 Å². The third-order valence-electron chi connectivity index (χ3n) is 16.8. The fourth-order valence-corrected chi connectivity index (χ4v) is 11.4. The Hall–Kier alpha value is -1.40. The Morgan fingerprint density at radius 1 is 0.351 bits per heavy atom. The molecule has 0 bridgehead atoms. The minimum absolute atomic E-state index is 0.00887. The van der Waals surface area contributed by atoms with Gasteiger partial charge in [0.1, 0.15) is 0 Å². The Bertz CT molecular complexity index is 1160. The number of hydrogen-bond acceptors (Lipinski definition) is 5. The maximum absolute atomic E-state index is 12.6. The van der Waals surface area contributed by atoms with Crippen molar-refractivity contribution < 1.29 is 24.5 Å². The lowest BCUT2D eigenvalue weighted by molar-refractivity contribution is -0.143. The summed E-state index contributed by atoms with van der Waals surface area (Å²) in [6, 6.07) is -0.550. The van der Waals surface area contributed by atoms with Gasteiger partial charge in [-0.25, -0.2) is 0 Å². The van der Waals surface area contributed by atoms with Gasteiger partial charge in [0.05, 0.1) is 25.4 Å². The highest BCUT2D eigenvalue weighted by molar-refractivity contribution is 5.76. The summed E-state index contributed by atoms with van der Waals surface area (Å²) in [5.74, 6) is -0.0304. The lowest BCUT2D eigenvalue weighted by atomic mass is 10.0. The van der Waals surface area contributed by atoms with Gasteiger partial charge in [-0.3, -0.25) is 9.59 Å². The van der Waals surface area contributed by atoms with Crippen LogP contribution in [-0.4, -0.2) is 47.4 Å². The van der Waals surface area contributed by atoms with Crippen molar-refractivity contribution in [3.63, 3.8) is 0 Å². The molecule has 77 heavy (non-hydrogen) atoms. The number of allylic oxidation sites excluding steroid dienone is 2. The van der Waals surface area contributed by atoms with Crippen molar-refractivity contribution in [1.82, 2.24) is 5.32 Å². The number of ether oxygens (including phenoxy) is 1. The van der Waals surface area contributed by atoms with E-state index in [4.69, 9.17) is 4.74 Å². The maximum Gasteiger partial charge on any atom is 0.305 e. The summed E-state index contributed by atoms with van der Waals surface area (Å²) < 4.78 is 5.49. The van der Waals surface area contributed by atoms with Crippen LogP contribution >= 0.6 is 0 Å². The Morgan fingerprint density at radius 2 is 0.610 bits per heavy atom. The summed E-state index contributed by atoms with van der Waals surface area (Å²) in [6.45, 7) is 4.99. The zero-order chi connectivity index (χ0) is 55.7. The van der Waals surface area contributed by atoms with Gasteiger partial charge in [-0.15, -0.1) is 0 Å². The Morgan fingerprint density at radius 3 is 0.922 bits per heavy atom. The lowest BCUT2D eigenvalue weighted by Crippen LogP contribution is -2.45. The Labute approximate surface area is 482 Å². The Balaban J connectivity index is 3.41. The fraction of sp³-hybridized carbons (Fsp3) is 0.944. The van der Waals surface area contributed by atoms with Gasteiger partial charge >= 0.3 is 5.97 Å². The average molecular weight is 1090 g/mol. The number of esters is 1. The van der Waals surface area contributed by atoms with E-state index in [0.717, 1.165) is 38.5 Å². The summed E-state index contributed by atoms with van der Waals surface area (Å²) in [4.78, 5) is 24.6. The Kier molecular flexibility index (Phi) is 65.9. The third-order valence-corrected chi connectivity index (χ3v) is 16.8. The average Bonchev–Trinajstić information content (AvgIpc) is 3.43. The van der Waals surface area contributed by atoms with Crippen LogP contribution in [-0.2, 0) is 14.3 Å². The molecule has 0 rings (SSSR count). The summed E-state index contributed by atoms with van der Waals surface area (Å²) in [7, 11) is 0. The zero-order valence-electron chi connectivity index (χ0n) is 52.5. The van der Waals surface area contributed by atoms with Crippen molar-refractivity contribution in [3.05, 3.63) is 12.2 Å². The number of hydrogen-bond donors (Lipinski definition) is 3. The van der Waals surface area contributed by atoms with Crippen LogP contribution in [0.2, 0.25) is 0 Å². The number of nitrogens with one attached hydrogen (secondary N) is 1. The largest absolute Gasteiger partial charge is 0.466 e. The van der Waals surface area contributed by atoms with Gasteiger partial charge in [-0.2, -0.15) is 0 Å². The van der Waals surface area contributed by atoms with E-state index in [0.29, 0.717) is 25.9 Å². The number of amides is 1. The van der Waals surface area contributed by atoms with E-state index >= 15 is 0 Å². The molecule has 2 unspecified atom stereocenters.